The predicted molar refractivity (Wildman–Crippen MR) is 104 cm³/mol. The van der Waals surface area contributed by atoms with Crippen molar-refractivity contribution < 1.29 is 19.4 Å². The van der Waals surface area contributed by atoms with E-state index in [0.29, 0.717) is 6.42 Å². The molecule has 142 valence electrons. The van der Waals surface area contributed by atoms with Crippen molar-refractivity contribution in [2.45, 2.75) is 32.2 Å². The summed E-state index contributed by atoms with van der Waals surface area (Å²) in [5, 5.41) is 9.48. The van der Waals surface area contributed by atoms with Gasteiger partial charge in [-0.3, -0.25) is 4.90 Å². The maximum atomic E-state index is 12.5. The van der Waals surface area contributed by atoms with Crippen molar-refractivity contribution >= 4 is 12.1 Å². The van der Waals surface area contributed by atoms with E-state index in [1.807, 2.05) is 38.1 Å². The molecule has 1 aliphatic carbocycles. The molecule has 1 aliphatic rings. The molecule has 2 aromatic rings. The zero-order valence-corrected chi connectivity index (χ0v) is 15.9. The van der Waals surface area contributed by atoms with Crippen molar-refractivity contribution in [3.05, 3.63) is 59.7 Å². The van der Waals surface area contributed by atoms with Crippen LogP contribution in [0.1, 0.15) is 37.3 Å². The van der Waals surface area contributed by atoms with E-state index in [-0.39, 0.29) is 18.4 Å². The van der Waals surface area contributed by atoms with E-state index in [4.69, 9.17) is 4.74 Å². The van der Waals surface area contributed by atoms with E-state index in [2.05, 4.69) is 24.3 Å². The number of ether oxygens (including phenoxy) is 1. The fourth-order valence-corrected chi connectivity index (χ4v) is 3.82. The Hall–Kier alpha value is -2.82. The largest absolute Gasteiger partial charge is 0.480 e. The Morgan fingerprint density at radius 1 is 1.07 bits per heavy atom. The van der Waals surface area contributed by atoms with Crippen LogP contribution in [0.25, 0.3) is 11.1 Å². The third-order valence-electron chi connectivity index (χ3n) is 5.48. The van der Waals surface area contributed by atoms with Crippen LogP contribution in [0.3, 0.4) is 0 Å². The first-order chi connectivity index (χ1) is 13.0. The Balaban J connectivity index is 1.77. The fourth-order valence-electron chi connectivity index (χ4n) is 3.82. The second-order valence-corrected chi connectivity index (χ2v) is 7.08. The highest BCUT2D eigenvalue weighted by Gasteiger charge is 2.33. The minimum Gasteiger partial charge on any atom is -0.480 e. The maximum absolute atomic E-state index is 12.5. The monoisotopic (exact) mass is 367 g/mol. The number of aliphatic carboxylic acids is 1. The number of carbonyl (C=O) groups is 2. The molecule has 0 saturated carbocycles. The number of amides is 1. The summed E-state index contributed by atoms with van der Waals surface area (Å²) < 4.78 is 5.55. The van der Waals surface area contributed by atoms with Crippen LogP contribution in [-0.2, 0) is 9.53 Å². The molecular formula is C22H25NO4. The molecule has 0 bridgehead atoms. The quantitative estimate of drug-likeness (QED) is 0.823. The molecule has 0 aromatic heterocycles. The highest BCUT2D eigenvalue weighted by molar-refractivity contribution is 5.81. The number of carboxylic acid groups (broad SMARTS) is 1. The number of carbonyl (C=O) groups excluding carboxylic acids is 1. The molecule has 5 nitrogen and oxygen atoms in total. The van der Waals surface area contributed by atoms with Crippen LogP contribution in [0.15, 0.2) is 48.5 Å². The van der Waals surface area contributed by atoms with E-state index in [9.17, 15) is 14.7 Å². The smallest absolute Gasteiger partial charge is 0.410 e. The van der Waals surface area contributed by atoms with Gasteiger partial charge in [-0.2, -0.15) is 0 Å². The first-order valence-corrected chi connectivity index (χ1v) is 9.26. The van der Waals surface area contributed by atoms with E-state index in [1.165, 1.54) is 11.9 Å². The second-order valence-electron chi connectivity index (χ2n) is 7.08. The molecule has 0 spiro atoms. The molecule has 2 aromatic carbocycles. The van der Waals surface area contributed by atoms with Gasteiger partial charge in [0.2, 0.25) is 0 Å². The van der Waals surface area contributed by atoms with Gasteiger partial charge < -0.3 is 9.84 Å². The highest BCUT2D eigenvalue weighted by atomic mass is 16.6. The fraction of sp³-hybridized carbons (Fsp3) is 0.364. The lowest BCUT2D eigenvalue weighted by Gasteiger charge is -2.28. The van der Waals surface area contributed by atoms with E-state index in [0.717, 1.165) is 22.3 Å². The summed E-state index contributed by atoms with van der Waals surface area (Å²) in [4.78, 5) is 25.3. The molecule has 0 saturated heterocycles. The molecule has 3 rings (SSSR count). The molecule has 5 heteroatoms. The van der Waals surface area contributed by atoms with Gasteiger partial charge in [-0.15, -0.1) is 0 Å². The number of rotatable bonds is 6. The summed E-state index contributed by atoms with van der Waals surface area (Å²) in [6.45, 7) is 3.92. The van der Waals surface area contributed by atoms with Crippen molar-refractivity contribution in [3.8, 4) is 11.1 Å². The second kappa shape index (κ2) is 7.82. The number of nitrogens with zero attached hydrogens (tertiary/aromatic N) is 1. The molecule has 0 heterocycles. The average Bonchev–Trinajstić information content (AvgIpc) is 2.99. The Kier molecular flexibility index (Phi) is 5.49. The minimum absolute atomic E-state index is 0.0402. The van der Waals surface area contributed by atoms with E-state index >= 15 is 0 Å². The zero-order chi connectivity index (χ0) is 19.6. The molecule has 1 amide bonds. The lowest BCUT2D eigenvalue weighted by molar-refractivity contribution is -0.144. The number of fused-ring (bicyclic) bond motifs is 3. The average molecular weight is 367 g/mol. The number of likely N-dealkylation sites (N-methyl/N-ethyl adjacent to an activating group) is 1. The molecule has 2 atom stereocenters. The molecule has 27 heavy (non-hydrogen) atoms. The van der Waals surface area contributed by atoms with Crippen LogP contribution in [0.4, 0.5) is 4.79 Å². The summed E-state index contributed by atoms with van der Waals surface area (Å²) in [5.41, 5.74) is 4.58. The molecule has 0 unspecified atom stereocenters. The molecule has 0 fully saturated rings. The summed E-state index contributed by atoms with van der Waals surface area (Å²) in [6.07, 6.45) is 0.0578. The van der Waals surface area contributed by atoms with Gasteiger partial charge in [0.1, 0.15) is 12.6 Å². The van der Waals surface area contributed by atoms with Crippen LogP contribution in [0.2, 0.25) is 0 Å². The lowest BCUT2D eigenvalue weighted by atomic mass is 9.98. The number of hydrogen-bond acceptors (Lipinski definition) is 3. The summed E-state index contributed by atoms with van der Waals surface area (Å²) in [5.74, 6) is -1.21. The van der Waals surface area contributed by atoms with Gasteiger partial charge >= 0.3 is 12.1 Å². The maximum Gasteiger partial charge on any atom is 0.410 e. The number of hydrogen-bond donors (Lipinski definition) is 1. The van der Waals surface area contributed by atoms with Crippen molar-refractivity contribution in [1.29, 1.82) is 0 Å². The van der Waals surface area contributed by atoms with Gasteiger partial charge in [-0.1, -0.05) is 68.8 Å². The van der Waals surface area contributed by atoms with Crippen molar-refractivity contribution in [2.24, 2.45) is 5.92 Å². The Morgan fingerprint density at radius 2 is 1.59 bits per heavy atom. The van der Waals surface area contributed by atoms with Crippen molar-refractivity contribution in [2.75, 3.05) is 13.7 Å². The van der Waals surface area contributed by atoms with E-state index in [1.54, 1.807) is 0 Å². The van der Waals surface area contributed by atoms with Crippen molar-refractivity contribution in [1.82, 2.24) is 4.90 Å². The number of carboxylic acids is 1. The van der Waals surface area contributed by atoms with E-state index < -0.39 is 18.1 Å². The molecular weight excluding hydrogens is 342 g/mol. The third kappa shape index (κ3) is 3.54. The van der Waals surface area contributed by atoms with Crippen LogP contribution in [-0.4, -0.2) is 41.8 Å². The van der Waals surface area contributed by atoms with Gasteiger partial charge in [-0.05, 0) is 28.2 Å². The SMILES string of the molecule is CC[C@@H](C)[C@@H](C(=O)O)N(C)C(=O)OCC1c2ccccc2-c2ccccc21. The van der Waals surface area contributed by atoms with Crippen LogP contribution in [0.5, 0.6) is 0 Å². The standard InChI is InChI=1S/C22H25NO4/c1-4-14(2)20(21(24)25)23(3)22(26)27-13-19-17-11-7-5-9-15(17)16-10-6-8-12-18(16)19/h5-12,14,19-20H,4,13H2,1-3H3,(H,24,25)/t14-,20+/m1/s1. The summed E-state index contributed by atoms with van der Waals surface area (Å²) in [6, 6.07) is 15.3. The topological polar surface area (TPSA) is 66.8 Å². The number of benzene rings is 2. The van der Waals surface area contributed by atoms with Crippen LogP contribution < -0.4 is 0 Å². The normalized spacial score (nSPS) is 14.8. The molecule has 0 aliphatic heterocycles. The molecule has 1 N–H and O–H groups in total. The molecule has 0 radical (unpaired) electrons. The van der Waals surface area contributed by atoms with Gasteiger partial charge in [0.05, 0.1) is 0 Å². The third-order valence-corrected chi connectivity index (χ3v) is 5.48. The highest BCUT2D eigenvalue weighted by Crippen LogP contribution is 2.44. The van der Waals surface area contributed by atoms with Crippen LogP contribution >= 0.6 is 0 Å². The minimum atomic E-state index is -1.01. The first kappa shape index (κ1) is 19.0. The summed E-state index contributed by atoms with van der Waals surface area (Å²) >= 11 is 0. The van der Waals surface area contributed by atoms with Gasteiger partial charge in [0.25, 0.3) is 0 Å². The first-order valence-electron chi connectivity index (χ1n) is 9.26. The van der Waals surface area contributed by atoms with Gasteiger partial charge in [-0.25, -0.2) is 9.59 Å². The Labute approximate surface area is 159 Å². The van der Waals surface area contributed by atoms with Gasteiger partial charge in [0.15, 0.2) is 0 Å². The van der Waals surface area contributed by atoms with Crippen LogP contribution in [0, 0.1) is 5.92 Å². The van der Waals surface area contributed by atoms with Gasteiger partial charge in [0, 0.05) is 13.0 Å². The Morgan fingerprint density at radius 3 is 2.07 bits per heavy atom. The summed E-state index contributed by atoms with van der Waals surface area (Å²) in [7, 11) is 1.49. The lowest BCUT2D eigenvalue weighted by Crippen LogP contribution is -2.46. The Bertz CT molecular complexity index is 802. The zero-order valence-electron chi connectivity index (χ0n) is 15.9. The van der Waals surface area contributed by atoms with Crippen molar-refractivity contribution in [3.63, 3.8) is 0 Å². The predicted octanol–water partition coefficient (Wildman–Crippen LogP) is 4.37.